The molecule has 1 aromatic carbocycles. The first-order valence-electron chi connectivity index (χ1n) is 6.28. The van der Waals surface area contributed by atoms with Gasteiger partial charge in [0.2, 0.25) is 0 Å². The zero-order valence-corrected chi connectivity index (χ0v) is 12.5. The average Bonchev–Trinajstić information content (AvgIpc) is 2.79. The predicted molar refractivity (Wildman–Crippen MR) is 80.9 cm³/mol. The molecule has 2 saturated heterocycles. The van der Waals surface area contributed by atoms with Crippen LogP contribution in [0, 0.1) is 0 Å². The minimum absolute atomic E-state index is 0.0273. The molecule has 2 heterocycles. The summed E-state index contributed by atoms with van der Waals surface area (Å²) in [5.74, 6) is 0.177. The van der Waals surface area contributed by atoms with Crippen LogP contribution >= 0.6 is 12.2 Å². The Labute approximate surface area is 122 Å². The van der Waals surface area contributed by atoms with Gasteiger partial charge in [0.1, 0.15) is 0 Å². The lowest BCUT2D eigenvalue weighted by molar-refractivity contribution is 0.101. The summed E-state index contributed by atoms with van der Waals surface area (Å²) in [6, 6.07) is 6.77. The summed E-state index contributed by atoms with van der Waals surface area (Å²) in [6.07, 6.45) is 0. The zero-order chi connectivity index (χ0) is 14.5. The summed E-state index contributed by atoms with van der Waals surface area (Å²) in [5.41, 5.74) is 1.36. The highest BCUT2D eigenvalue weighted by Gasteiger charge is 2.47. The van der Waals surface area contributed by atoms with Crippen molar-refractivity contribution in [3.63, 3.8) is 0 Å². The number of sulfone groups is 1. The molecule has 1 aromatic rings. The van der Waals surface area contributed by atoms with E-state index in [1.54, 1.807) is 18.2 Å². The fourth-order valence-corrected chi connectivity index (χ4v) is 5.07. The van der Waals surface area contributed by atoms with E-state index in [1.807, 2.05) is 11.0 Å². The summed E-state index contributed by atoms with van der Waals surface area (Å²) in [6.45, 7) is 1.50. The Kier molecular flexibility index (Phi) is 3.06. The Morgan fingerprint density at radius 2 is 2.15 bits per heavy atom. The van der Waals surface area contributed by atoms with Gasteiger partial charge >= 0.3 is 0 Å². The van der Waals surface area contributed by atoms with Gasteiger partial charge in [0.05, 0.1) is 23.6 Å². The minimum atomic E-state index is -3.03. The number of nitrogens with one attached hydrogen (secondary N) is 1. The van der Waals surface area contributed by atoms with Crippen LogP contribution in [-0.2, 0) is 9.84 Å². The lowest BCUT2D eigenvalue weighted by Gasteiger charge is -2.23. The van der Waals surface area contributed by atoms with Crippen molar-refractivity contribution in [1.82, 2.24) is 5.32 Å². The van der Waals surface area contributed by atoms with E-state index >= 15 is 0 Å². The molecular weight excluding hydrogens is 296 g/mol. The van der Waals surface area contributed by atoms with Crippen LogP contribution in [-0.4, -0.2) is 42.9 Å². The lowest BCUT2D eigenvalue weighted by Crippen LogP contribution is -2.36. The third kappa shape index (κ3) is 2.20. The molecule has 3 rings (SSSR count). The third-order valence-corrected chi connectivity index (χ3v) is 5.74. The molecule has 7 heteroatoms. The highest BCUT2D eigenvalue weighted by Crippen LogP contribution is 2.30. The number of hydrogen-bond acceptors (Lipinski definition) is 4. The Morgan fingerprint density at radius 3 is 2.85 bits per heavy atom. The highest BCUT2D eigenvalue weighted by molar-refractivity contribution is 7.91. The summed E-state index contributed by atoms with van der Waals surface area (Å²) in [7, 11) is -3.03. The van der Waals surface area contributed by atoms with E-state index in [2.05, 4.69) is 5.32 Å². The number of ketones is 1. The number of fused-ring (bicyclic) bond motifs is 1. The standard InChI is InChI=1S/C13H14N2O3S2/c1-8(16)9-3-2-4-10(5-9)15-12-7-20(17,18)6-11(12)14-13(15)19/h2-5,11-12H,6-7H2,1H3,(H,14,19)/t11-,12-/m0/s1. The molecule has 0 unspecified atom stereocenters. The smallest absolute Gasteiger partial charge is 0.174 e. The maximum Gasteiger partial charge on any atom is 0.174 e. The molecule has 106 valence electrons. The van der Waals surface area contributed by atoms with Crippen LogP contribution < -0.4 is 10.2 Å². The van der Waals surface area contributed by atoms with Crippen LogP contribution in [0.4, 0.5) is 5.69 Å². The van der Waals surface area contributed by atoms with Crippen molar-refractivity contribution >= 4 is 38.6 Å². The van der Waals surface area contributed by atoms with Crippen molar-refractivity contribution in [2.45, 2.75) is 19.0 Å². The van der Waals surface area contributed by atoms with Crippen molar-refractivity contribution in [2.75, 3.05) is 16.4 Å². The van der Waals surface area contributed by atoms with Gasteiger partial charge < -0.3 is 10.2 Å². The van der Waals surface area contributed by atoms with E-state index in [9.17, 15) is 13.2 Å². The number of rotatable bonds is 2. The second-order valence-corrected chi connectivity index (χ2v) is 7.72. The molecule has 2 aliphatic heterocycles. The van der Waals surface area contributed by atoms with Crippen LogP contribution in [0.25, 0.3) is 0 Å². The van der Waals surface area contributed by atoms with E-state index < -0.39 is 9.84 Å². The zero-order valence-electron chi connectivity index (χ0n) is 10.9. The van der Waals surface area contributed by atoms with Crippen molar-refractivity contribution in [3.8, 4) is 0 Å². The van der Waals surface area contributed by atoms with Crippen molar-refractivity contribution in [1.29, 1.82) is 0 Å². The molecule has 0 bridgehead atoms. The van der Waals surface area contributed by atoms with Gasteiger partial charge in [0.25, 0.3) is 0 Å². The van der Waals surface area contributed by atoms with Crippen LogP contribution in [0.5, 0.6) is 0 Å². The van der Waals surface area contributed by atoms with Gasteiger partial charge in [-0.3, -0.25) is 4.79 Å². The summed E-state index contributed by atoms with van der Waals surface area (Å²) < 4.78 is 23.5. The van der Waals surface area contributed by atoms with E-state index in [-0.39, 0.29) is 29.4 Å². The molecule has 2 atom stereocenters. The monoisotopic (exact) mass is 310 g/mol. The van der Waals surface area contributed by atoms with Gasteiger partial charge in [0, 0.05) is 11.3 Å². The van der Waals surface area contributed by atoms with Crippen molar-refractivity contribution in [2.24, 2.45) is 0 Å². The average molecular weight is 310 g/mol. The van der Waals surface area contributed by atoms with E-state index in [4.69, 9.17) is 12.2 Å². The molecule has 0 radical (unpaired) electrons. The van der Waals surface area contributed by atoms with Crippen LogP contribution in [0.3, 0.4) is 0 Å². The first-order valence-corrected chi connectivity index (χ1v) is 8.51. The molecule has 2 fully saturated rings. The first-order chi connectivity index (χ1) is 9.37. The Bertz CT molecular complexity index is 699. The number of carbonyl (C=O) groups is 1. The molecule has 0 amide bonds. The number of Topliss-reactive ketones (excluding diaryl/α,β-unsaturated/α-hetero) is 1. The number of carbonyl (C=O) groups excluding carboxylic acids is 1. The number of hydrogen-bond donors (Lipinski definition) is 1. The maximum absolute atomic E-state index is 11.7. The molecule has 0 aliphatic carbocycles. The number of anilines is 1. The van der Waals surface area contributed by atoms with Gasteiger partial charge in [-0.15, -0.1) is 0 Å². The second kappa shape index (κ2) is 4.53. The van der Waals surface area contributed by atoms with E-state index in [0.717, 1.165) is 5.69 Å². The lowest BCUT2D eigenvalue weighted by atomic mass is 10.1. The Morgan fingerprint density at radius 1 is 1.40 bits per heavy atom. The first kappa shape index (κ1) is 13.5. The highest BCUT2D eigenvalue weighted by atomic mass is 32.2. The van der Waals surface area contributed by atoms with Gasteiger partial charge in [-0.25, -0.2) is 8.42 Å². The van der Waals surface area contributed by atoms with Gasteiger partial charge in [-0.2, -0.15) is 0 Å². The fraction of sp³-hybridized carbons (Fsp3) is 0.385. The minimum Gasteiger partial charge on any atom is -0.356 e. The Hall–Kier alpha value is -1.47. The largest absolute Gasteiger partial charge is 0.356 e. The number of benzene rings is 1. The van der Waals surface area contributed by atoms with Crippen molar-refractivity contribution < 1.29 is 13.2 Å². The number of nitrogens with zero attached hydrogens (tertiary/aromatic N) is 1. The molecule has 0 saturated carbocycles. The summed E-state index contributed by atoms with van der Waals surface area (Å²) in [5, 5.41) is 3.59. The maximum atomic E-state index is 11.7. The van der Waals surface area contributed by atoms with Gasteiger partial charge in [0.15, 0.2) is 20.7 Å². The molecule has 1 N–H and O–H groups in total. The van der Waals surface area contributed by atoms with Gasteiger partial charge in [-0.05, 0) is 31.3 Å². The fourth-order valence-electron chi connectivity index (χ4n) is 2.78. The topological polar surface area (TPSA) is 66.5 Å². The SMILES string of the molecule is CC(=O)c1cccc(N2C(=S)N[C@H]3CS(=O)(=O)C[C@@H]32)c1. The second-order valence-electron chi connectivity index (χ2n) is 5.18. The van der Waals surface area contributed by atoms with Crippen LogP contribution in [0.1, 0.15) is 17.3 Å². The summed E-state index contributed by atoms with van der Waals surface area (Å²) >= 11 is 5.30. The Balaban J connectivity index is 1.99. The number of thiocarbonyl (C=S) groups is 1. The molecule has 20 heavy (non-hydrogen) atoms. The quantitative estimate of drug-likeness (QED) is 0.642. The molecule has 2 aliphatic rings. The molecular formula is C13H14N2O3S2. The molecule has 0 aromatic heterocycles. The molecule has 5 nitrogen and oxygen atoms in total. The predicted octanol–water partition coefficient (Wildman–Crippen LogP) is 0.749. The third-order valence-electron chi connectivity index (χ3n) is 3.71. The van der Waals surface area contributed by atoms with Crippen molar-refractivity contribution in [3.05, 3.63) is 29.8 Å². The molecule has 0 spiro atoms. The van der Waals surface area contributed by atoms with Crippen LogP contribution in [0.15, 0.2) is 24.3 Å². The van der Waals surface area contributed by atoms with E-state index in [0.29, 0.717) is 10.7 Å². The normalized spacial score (nSPS) is 27.2. The van der Waals surface area contributed by atoms with Gasteiger partial charge in [-0.1, -0.05) is 12.1 Å². The van der Waals surface area contributed by atoms with Crippen LogP contribution in [0.2, 0.25) is 0 Å². The summed E-state index contributed by atoms with van der Waals surface area (Å²) in [4.78, 5) is 13.3. The van der Waals surface area contributed by atoms with E-state index in [1.165, 1.54) is 6.92 Å².